The van der Waals surface area contributed by atoms with Gasteiger partial charge in [0.05, 0.1) is 4.47 Å². The largest absolute Gasteiger partial charge is 0.346 e. The lowest BCUT2D eigenvalue weighted by Gasteiger charge is -2.14. The molecule has 1 aromatic rings. The van der Waals surface area contributed by atoms with Crippen molar-refractivity contribution in [3.05, 3.63) is 20.6 Å². The van der Waals surface area contributed by atoms with Gasteiger partial charge in [-0.3, -0.25) is 0 Å². The van der Waals surface area contributed by atoms with Crippen molar-refractivity contribution in [2.24, 2.45) is 5.92 Å². The zero-order valence-electron chi connectivity index (χ0n) is 11.1. The molecule has 2 nitrogen and oxygen atoms in total. The quantitative estimate of drug-likeness (QED) is 0.774. The Kier molecular flexibility index (Phi) is 4.96. The van der Waals surface area contributed by atoms with Crippen molar-refractivity contribution in [2.75, 3.05) is 0 Å². The molecule has 0 atom stereocenters. The van der Waals surface area contributed by atoms with Crippen molar-refractivity contribution in [3.63, 3.8) is 0 Å². The third-order valence-corrected chi connectivity index (χ3v) is 5.02. The Morgan fingerprint density at radius 3 is 2.67 bits per heavy atom. The smallest absolute Gasteiger partial charge is 0.144 e. The highest BCUT2D eigenvalue weighted by Gasteiger charge is 2.21. The molecule has 1 fully saturated rings. The lowest BCUT2D eigenvalue weighted by atomic mass is 10.0. The van der Waals surface area contributed by atoms with Gasteiger partial charge < -0.3 is 4.98 Å². The van der Waals surface area contributed by atoms with Crippen LogP contribution < -0.4 is 0 Å². The number of rotatable bonds is 4. The van der Waals surface area contributed by atoms with Gasteiger partial charge in [0.2, 0.25) is 0 Å². The van der Waals surface area contributed by atoms with Gasteiger partial charge in [-0.25, -0.2) is 4.98 Å². The average Bonchev–Trinajstić information content (AvgIpc) is 2.84. The van der Waals surface area contributed by atoms with E-state index in [4.69, 9.17) is 12.2 Å². The van der Waals surface area contributed by atoms with Crippen molar-refractivity contribution in [3.8, 4) is 0 Å². The summed E-state index contributed by atoms with van der Waals surface area (Å²) < 4.78 is 1.73. The highest BCUT2D eigenvalue weighted by atomic mass is 79.9. The van der Waals surface area contributed by atoms with E-state index in [0.29, 0.717) is 11.8 Å². The molecule has 100 valence electrons. The molecule has 0 aromatic carbocycles. The van der Waals surface area contributed by atoms with Crippen LogP contribution in [0.25, 0.3) is 0 Å². The van der Waals surface area contributed by atoms with Crippen LogP contribution in [0.5, 0.6) is 0 Å². The molecule has 1 saturated carbocycles. The van der Waals surface area contributed by atoms with E-state index in [0.717, 1.165) is 27.8 Å². The summed E-state index contributed by atoms with van der Waals surface area (Å²) in [5.74, 6) is 2.40. The summed E-state index contributed by atoms with van der Waals surface area (Å²) in [7, 11) is 0. The molecule has 0 spiro atoms. The van der Waals surface area contributed by atoms with Crippen molar-refractivity contribution in [2.45, 2.75) is 58.3 Å². The van der Waals surface area contributed by atoms with E-state index in [1.165, 1.54) is 31.4 Å². The minimum Gasteiger partial charge on any atom is -0.346 e. The first-order chi connectivity index (χ1) is 8.58. The van der Waals surface area contributed by atoms with Crippen molar-refractivity contribution in [1.82, 2.24) is 9.97 Å². The molecule has 0 saturated heterocycles. The summed E-state index contributed by atoms with van der Waals surface area (Å²) in [4.78, 5) is 8.02. The number of hydrogen-bond acceptors (Lipinski definition) is 2. The van der Waals surface area contributed by atoms with E-state index >= 15 is 0 Å². The van der Waals surface area contributed by atoms with Crippen LogP contribution in [0.2, 0.25) is 0 Å². The fourth-order valence-corrected chi connectivity index (χ4v) is 3.30. The number of aromatic amines is 1. The highest BCUT2D eigenvalue weighted by molar-refractivity contribution is 9.10. The number of H-pyrrole nitrogens is 1. The Morgan fingerprint density at radius 1 is 1.39 bits per heavy atom. The number of aryl methyl sites for hydroxylation is 1. The van der Waals surface area contributed by atoms with Gasteiger partial charge in [-0.2, -0.15) is 0 Å². The molecule has 1 aromatic heterocycles. The second kappa shape index (κ2) is 6.29. The maximum Gasteiger partial charge on any atom is 0.144 e. The van der Waals surface area contributed by atoms with Crippen LogP contribution in [0.4, 0.5) is 0 Å². The van der Waals surface area contributed by atoms with Gasteiger partial charge in [-0.05, 0) is 41.1 Å². The summed E-state index contributed by atoms with van der Waals surface area (Å²) in [5.41, 5.74) is 1.28. The van der Waals surface area contributed by atoms with E-state index < -0.39 is 0 Å². The van der Waals surface area contributed by atoms with Crippen LogP contribution in [0, 0.1) is 10.6 Å². The second-order valence-electron chi connectivity index (χ2n) is 5.63. The molecule has 0 radical (unpaired) electrons. The van der Waals surface area contributed by atoms with E-state index in [1.807, 2.05) is 0 Å². The van der Waals surface area contributed by atoms with Gasteiger partial charge >= 0.3 is 0 Å². The third-order valence-electron chi connectivity index (χ3n) is 3.66. The van der Waals surface area contributed by atoms with Gasteiger partial charge in [0.15, 0.2) is 0 Å². The maximum absolute atomic E-state index is 5.37. The Labute approximate surface area is 123 Å². The predicted octanol–water partition coefficient (Wildman–Crippen LogP) is 5.15. The monoisotopic (exact) mass is 328 g/mol. The predicted molar refractivity (Wildman–Crippen MR) is 81.5 cm³/mol. The lowest BCUT2D eigenvalue weighted by Crippen LogP contribution is -2.06. The van der Waals surface area contributed by atoms with E-state index in [-0.39, 0.29) is 0 Å². The van der Waals surface area contributed by atoms with Crippen LogP contribution in [-0.2, 0) is 6.42 Å². The molecular formula is C14H21BrN2S. The molecule has 1 N–H and O–H groups in total. The van der Waals surface area contributed by atoms with Crippen LogP contribution in [0.15, 0.2) is 4.47 Å². The van der Waals surface area contributed by atoms with E-state index in [2.05, 4.69) is 39.7 Å². The molecule has 1 aliphatic rings. The molecule has 0 aliphatic heterocycles. The minimum atomic E-state index is 0.641. The summed E-state index contributed by atoms with van der Waals surface area (Å²) in [5, 5.41) is 0. The first kappa shape index (κ1) is 14.2. The number of aromatic nitrogens is 2. The molecule has 2 rings (SSSR count). The molecule has 0 amide bonds. The van der Waals surface area contributed by atoms with E-state index in [1.54, 1.807) is 0 Å². The Morgan fingerprint density at radius 2 is 2.06 bits per heavy atom. The Balaban J connectivity index is 2.24. The number of hydrogen-bond donors (Lipinski definition) is 1. The minimum absolute atomic E-state index is 0.641. The number of nitrogens with one attached hydrogen (secondary N) is 1. The summed E-state index contributed by atoms with van der Waals surface area (Å²) in [6.07, 6.45) is 7.37. The molecule has 1 aliphatic carbocycles. The van der Waals surface area contributed by atoms with Crippen LogP contribution in [-0.4, -0.2) is 9.97 Å². The standard InChI is InChI=1S/C14H21BrN2S/c1-9(2)7-8-11-16-13(10-5-3-4-6-10)12(15)14(18)17-11/h9-10H,3-8H2,1-2H3,(H,16,17,18). The van der Waals surface area contributed by atoms with E-state index in [9.17, 15) is 0 Å². The van der Waals surface area contributed by atoms with Gasteiger partial charge in [0.1, 0.15) is 10.5 Å². The van der Waals surface area contributed by atoms with Gasteiger partial charge in [-0.15, -0.1) is 0 Å². The highest BCUT2D eigenvalue weighted by Crippen LogP contribution is 2.36. The number of nitrogens with zero attached hydrogens (tertiary/aromatic N) is 1. The first-order valence-electron chi connectivity index (χ1n) is 6.86. The molecule has 1 heterocycles. The molecule has 0 unspecified atom stereocenters. The van der Waals surface area contributed by atoms with Crippen LogP contribution in [0.3, 0.4) is 0 Å². The van der Waals surface area contributed by atoms with Crippen LogP contribution >= 0.6 is 28.1 Å². The molecule has 4 heteroatoms. The summed E-state index contributed by atoms with van der Waals surface area (Å²) in [6.45, 7) is 4.48. The topological polar surface area (TPSA) is 28.7 Å². The zero-order chi connectivity index (χ0) is 13.1. The number of halogens is 1. The average molecular weight is 329 g/mol. The Hall–Kier alpha value is -0.220. The first-order valence-corrected chi connectivity index (χ1v) is 8.06. The molecule has 18 heavy (non-hydrogen) atoms. The summed E-state index contributed by atoms with van der Waals surface area (Å²) >= 11 is 8.97. The van der Waals surface area contributed by atoms with Crippen molar-refractivity contribution >= 4 is 28.1 Å². The second-order valence-corrected chi connectivity index (χ2v) is 6.81. The third kappa shape index (κ3) is 3.41. The van der Waals surface area contributed by atoms with Gasteiger partial charge in [-0.1, -0.05) is 38.9 Å². The zero-order valence-corrected chi connectivity index (χ0v) is 13.5. The van der Waals surface area contributed by atoms with Gasteiger partial charge in [0, 0.05) is 18.0 Å². The fourth-order valence-electron chi connectivity index (χ4n) is 2.56. The van der Waals surface area contributed by atoms with Crippen molar-refractivity contribution in [1.29, 1.82) is 0 Å². The molecule has 0 bridgehead atoms. The Bertz CT molecular complexity index is 461. The van der Waals surface area contributed by atoms with Crippen LogP contribution in [0.1, 0.15) is 63.4 Å². The normalized spacial score (nSPS) is 16.7. The molecular weight excluding hydrogens is 308 g/mol. The SMILES string of the molecule is CC(C)CCc1nc(=S)c(Br)c(C2CCCC2)[nH]1. The van der Waals surface area contributed by atoms with Gasteiger partial charge in [0.25, 0.3) is 0 Å². The van der Waals surface area contributed by atoms with Crippen molar-refractivity contribution < 1.29 is 0 Å². The fraction of sp³-hybridized carbons (Fsp3) is 0.714. The summed E-state index contributed by atoms with van der Waals surface area (Å²) in [6, 6.07) is 0. The maximum atomic E-state index is 5.37. The lowest BCUT2D eigenvalue weighted by molar-refractivity contribution is 0.569.